The zero-order valence-corrected chi connectivity index (χ0v) is 7.71. The number of hydrogen-bond acceptors (Lipinski definition) is 1. The second-order valence-electron chi connectivity index (χ2n) is 3.08. The van der Waals surface area contributed by atoms with Gasteiger partial charge in [0.15, 0.2) is 0 Å². The minimum absolute atomic E-state index is 0.0335. The lowest BCUT2D eigenvalue weighted by molar-refractivity contribution is 0.108. The monoisotopic (exact) mass is 182 g/mol. The number of alkyl halides is 1. The Labute approximate surface area is 77.3 Å². The standard InChI is InChI=1S/C10H11ClO/c1-12-9-6-7-4-2-3-5-8(7)10(9)11/h2-5,9-10H,6H2,1H3/t9-,10+/m1/s1. The molecule has 1 aromatic rings. The van der Waals surface area contributed by atoms with Crippen molar-refractivity contribution < 1.29 is 4.74 Å². The molecule has 1 aliphatic rings. The molecule has 64 valence electrons. The van der Waals surface area contributed by atoms with Gasteiger partial charge in [-0.05, 0) is 11.1 Å². The fourth-order valence-electron chi connectivity index (χ4n) is 1.71. The summed E-state index contributed by atoms with van der Waals surface area (Å²) in [7, 11) is 1.71. The van der Waals surface area contributed by atoms with E-state index < -0.39 is 0 Å². The molecule has 0 heterocycles. The maximum Gasteiger partial charge on any atom is 0.0853 e. The Hall–Kier alpha value is -0.530. The zero-order chi connectivity index (χ0) is 8.55. The van der Waals surface area contributed by atoms with E-state index in [1.807, 2.05) is 12.1 Å². The smallest absolute Gasteiger partial charge is 0.0853 e. The normalized spacial score (nSPS) is 27.2. The average molecular weight is 183 g/mol. The fourth-order valence-corrected chi connectivity index (χ4v) is 2.12. The zero-order valence-electron chi connectivity index (χ0n) is 6.96. The largest absolute Gasteiger partial charge is 0.379 e. The van der Waals surface area contributed by atoms with Crippen molar-refractivity contribution in [3.63, 3.8) is 0 Å². The van der Waals surface area contributed by atoms with E-state index in [1.54, 1.807) is 7.11 Å². The van der Waals surface area contributed by atoms with Crippen LogP contribution in [-0.2, 0) is 11.2 Å². The van der Waals surface area contributed by atoms with Crippen LogP contribution in [0.3, 0.4) is 0 Å². The highest BCUT2D eigenvalue weighted by molar-refractivity contribution is 6.21. The number of fused-ring (bicyclic) bond motifs is 1. The molecule has 0 fully saturated rings. The van der Waals surface area contributed by atoms with Gasteiger partial charge in [0, 0.05) is 13.5 Å². The van der Waals surface area contributed by atoms with Crippen LogP contribution in [0.4, 0.5) is 0 Å². The molecular formula is C10H11ClO. The van der Waals surface area contributed by atoms with Gasteiger partial charge in [-0.1, -0.05) is 24.3 Å². The molecule has 0 bridgehead atoms. The number of benzene rings is 1. The van der Waals surface area contributed by atoms with E-state index in [2.05, 4.69) is 12.1 Å². The van der Waals surface area contributed by atoms with Crippen LogP contribution in [0.15, 0.2) is 24.3 Å². The van der Waals surface area contributed by atoms with E-state index in [9.17, 15) is 0 Å². The van der Waals surface area contributed by atoms with Crippen molar-refractivity contribution in [2.75, 3.05) is 7.11 Å². The van der Waals surface area contributed by atoms with Gasteiger partial charge in [0.2, 0.25) is 0 Å². The highest BCUT2D eigenvalue weighted by atomic mass is 35.5. The van der Waals surface area contributed by atoms with Crippen molar-refractivity contribution in [2.45, 2.75) is 17.9 Å². The van der Waals surface area contributed by atoms with Crippen LogP contribution in [0.5, 0.6) is 0 Å². The van der Waals surface area contributed by atoms with E-state index in [1.165, 1.54) is 11.1 Å². The first-order chi connectivity index (χ1) is 5.83. The summed E-state index contributed by atoms with van der Waals surface area (Å²) in [6, 6.07) is 8.25. The predicted octanol–water partition coefficient (Wildman–Crippen LogP) is 2.54. The van der Waals surface area contributed by atoms with Crippen LogP contribution in [-0.4, -0.2) is 13.2 Å². The molecule has 2 atom stereocenters. The summed E-state index contributed by atoms with van der Waals surface area (Å²) in [4.78, 5) is 0. The highest BCUT2D eigenvalue weighted by Gasteiger charge is 2.30. The Morgan fingerprint density at radius 2 is 2.17 bits per heavy atom. The van der Waals surface area contributed by atoms with Gasteiger partial charge in [-0.3, -0.25) is 0 Å². The molecule has 12 heavy (non-hydrogen) atoms. The van der Waals surface area contributed by atoms with E-state index in [0.717, 1.165) is 6.42 Å². The van der Waals surface area contributed by atoms with Gasteiger partial charge in [-0.25, -0.2) is 0 Å². The van der Waals surface area contributed by atoms with E-state index in [0.29, 0.717) is 0 Å². The summed E-state index contributed by atoms with van der Waals surface area (Å²) in [5.74, 6) is 0. The first kappa shape index (κ1) is 8.09. The quantitative estimate of drug-likeness (QED) is 0.607. The molecule has 2 heteroatoms. The Morgan fingerprint density at radius 3 is 2.83 bits per heavy atom. The van der Waals surface area contributed by atoms with E-state index in [4.69, 9.17) is 16.3 Å². The first-order valence-corrected chi connectivity index (χ1v) is 4.51. The van der Waals surface area contributed by atoms with Crippen LogP contribution in [0.25, 0.3) is 0 Å². The van der Waals surface area contributed by atoms with Crippen LogP contribution in [0.2, 0.25) is 0 Å². The van der Waals surface area contributed by atoms with Gasteiger partial charge in [0.25, 0.3) is 0 Å². The lowest BCUT2D eigenvalue weighted by Crippen LogP contribution is -2.11. The lowest BCUT2D eigenvalue weighted by Gasteiger charge is -2.10. The van der Waals surface area contributed by atoms with Crippen LogP contribution < -0.4 is 0 Å². The summed E-state index contributed by atoms with van der Waals surface area (Å²) < 4.78 is 5.27. The third kappa shape index (κ3) is 1.13. The van der Waals surface area contributed by atoms with Crippen molar-refractivity contribution in [1.29, 1.82) is 0 Å². The summed E-state index contributed by atoms with van der Waals surface area (Å²) in [5.41, 5.74) is 2.55. The third-order valence-electron chi connectivity index (χ3n) is 2.40. The summed E-state index contributed by atoms with van der Waals surface area (Å²) in [6.07, 6.45) is 1.10. The van der Waals surface area contributed by atoms with Gasteiger partial charge in [0.05, 0.1) is 11.5 Å². The second kappa shape index (κ2) is 3.08. The molecule has 0 unspecified atom stereocenters. The van der Waals surface area contributed by atoms with Crippen molar-refractivity contribution in [3.8, 4) is 0 Å². The van der Waals surface area contributed by atoms with Gasteiger partial charge >= 0.3 is 0 Å². The molecule has 2 rings (SSSR count). The fraction of sp³-hybridized carbons (Fsp3) is 0.400. The van der Waals surface area contributed by atoms with Gasteiger partial charge < -0.3 is 4.74 Å². The van der Waals surface area contributed by atoms with Crippen molar-refractivity contribution in [3.05, 3.63) is 35.4 Å². The Kier molecular flexibility index (Phi) is 2.07. The molecule has 1 nitrogen and oxygen atoms in total. The summed E-state index contributed by atoms with van der Waals surface area (Å²) in [6.45, 7) is 0. The van der Waals surface area contributed by atoms with E-state index in [-0.39, 0.29) is 11.5 Å². The molecule has 0 aliphatic heterocycles. The number of methoxy groups -OCH3 is 1. The van der Waals surface area contributed by atoms with Crippen molar-refractivity contribution in [1.82, 2.24) is 0 Å². The Morgan fingerprint density at radius 1 is 1.42 bits per heavy atom. The number of halogens is 1. The number of rotatable bonds is 1. The molecule has 0 spiro atoms. The molecular weight excluding hydrogens is 172 g/mol. The molecule has 0 amide bonds. The maximum atomic E-state index is 6.18. The van der Waals surface area contributed by atoms with Gasteiger partial charge in [0.1, 0.15) is 0 Å². The molecule has 0 saturated heterocycles. The third-order valence-corrected chi connectivity index (χ3v) is 2.92. The minimum atomic E-state index is 0.0335. The summed E-state index contributed by atoms with van der Waals surface area (Å²) in [5, 5.41) is 0.0335. The number of hydrogen-bond donors (Lipinski definition) is 0. The average Bonchev–Trinajstić information content (AvgIpc) is 2.44. The molecule has 1 aliphatic carbocycles. The molecule has 0 N–H and O–H groups in total. The van der Waals surface area contributed by atoms with Crippen LogP contribution >= 0.6 is 11.6 Å². The maximum absolute atomic E-state index is 6.18. The number of ether oxygens (including phenoxy) is 1. The lowest BCUT2D eigenvalue weighted by atomic mass is 10.1. The van der Waals surface area contributed by atoms with Crippen molar-refractivity contribution >= 4 is 11.6 Å². The highest BCUT2D eigenvalue weighted by Crippen LogP contribution is 2.37. The Bertz CT molecular complexity index is 285. The SMILES string of the molecule is CO[C@@H]1Cc2ccccc2[C@@H]1Cl. The second-order valence-corrected chi connectivity index (χ2v) is 3.55. The van der Waals surface area contributed by atoms with Crippen molar-refractivity contribution in [2.24, 2.45) is 0 Å². The van der Waals surface area contributed by atoms with Gasteiger partial charge in [-0.15, -0.1) is 11.6 Å². The molecule has 0 saturated carbocycles. The van der Waals surface area contributed by atoms with Gasteiger partial charge in [-0.2, -0.15) is 0 Å². The Balaban J connectivity index is 2.35. The summed E-state index contributed by atoms with van der Waals surface area (Å²) >= 11 is 6.18. The molecule has 0 aromatic heterocycles. The van der Waals surface area contributed by atoms with Crippen LogP contribution in [0, 0.1) is 0 Å². The molecule has 1 aromatic carbocycles. The molecule has 0 radical (unpaired) electrons. The predicted molar refractivity (Wildman–Crippen MR) is 49.5 cm³/mol. The minimum Gasteiger partial charge on any atom is -0.379 e. The van der Waals surface area contributed by atoms with Crippen LogP contribution in [0.1, 0.15) is 16.5 Å². The van der Waals surface area contributed by atoms with E-state index >= 15 is 0 Å². The topological polar surface area (TPSA) is 9.23 Å². The first-order valence-electron chi connectivity index (χ1n) is 4.07.